The van der Waals surface area contributed by atoms with Crippen LogP contribution in [0.2, 0.25) is 0 Å². The molecule has 0 saturated carbocycles. The quantitative estimate of drug-likeness (QED) is 0.764. The normalized spacial score (nSPS) is 11.8. The van der Waals surface area contributed by atoms with Crippen LogP contribution in [0.4, 0.5) is 5.82 Å². The van der Waals surface area contributed by atoms with E-state index in [1.807, 2.05) is 19.1 Å². The van der Waals surface area contributed by atoms with Crippen LogP contribution in [-0.2, 0) is 0 Å². The predicted molar refractivity (Wildman–Crippen MR) is 58.4 cm³/mol. The molecule has 1 atom stereocenters. The second-order valence-electron chi connectivity index (χ2n) is 3.43. The predicted octanol–water partition coefficient (Wildman–Crippen LogP) is 1.53. The van der Waals surface area contributed by atoms with Crippen LogP contribution in [0.5, 0.6) is 0 Å². The van der Waals surface area contributed by atoms with Gasteiger partial charge in [-0.25, -0.2) is 4.98 Å². The summed E-state index contributed by atoms with van der Waals surface area (Å²) in [6, 6.07) is 7.54. The van der Waals surface area contributed by atoms with Crippen molar-refractivity contribution in [2.75, 3.05) is 11.9 Å². The molecule has 4 heteroatoms. The number of hydrogen-bond donors (Lipinski definition) is 2. The van der Waals surface area contributed by atoms with Crippen LogP contribution in [0.3, 0.4) is 0 Å². The summed E-state index contributed by atoms with van der Waals surface area (Å²) in [7, 11) is 0. The molecule has 15 heavy (non-hydrogen) atoms. The van der Waals surface area contributed by atoms with Gasteiger partial charge in [-0.2, -0.15) is 5.26 Å². The SMILES string of the molecule is CC(CCCO)Nc1cccc(C#N)n1. The number of aliphatic hydroxyl groups excluding tert-OH is 1. The minimum atomic E-state index is 0.206. The average Bonchev–Trinajstić information content (AvgIpc) is 2.26. The lowest BCUT2D eigenvalue weighted by Crippen LogP contribution is -2.16. The zero-order chi connectivity index (χ0) is 11.1. The highest BCUT2D eigenvalue weighted by Gasteiger charge is 2.02. The lowest BCUT2D eigenvalue weighted by molar-refractivity contribution is 0.282. The van der Waals surface area contributed by atoms with Crippen LogP contribution >= 0.6 is 0 Å². The number of aromatic nitrogens is 1. The first-order valence-corrected chi connectivity index (χ1v) is 5.01. The molecule has 0 fully saturated rings. The Morgan fingerprint density at radius 2 is 2.40 bits per heavy atom. The Kier molecular flexibility index (Phi) is 4.58. The van der Waals surface area contributed by atoms with E-state index in [1.165, 1.54) is 0 Å². The van der Waals surface area contributed by atoms with Crippen molar-refractivity contribution in [1.82, 2.24) is 4.98 Å². The molecule has 0 spiro atoms. The molecule has 0 aromatic carbocycles. The summed E-state index contributed by atoms with van der Waals surface area (Å²) < 4.78 is 0. The molecule has 80 valence electrons. The Labute approximate surface area is 89.6 Å². The van der Waals surface area contributed by atoms with E-state index in [-0.39, 0.29) is 12.6 Å². The van der Waals surface area contributed by atoms with Crippen LogP contribution < -0.4 is 5.32 Å². The van der Waals surface area contributed by atoms with Crippen LogP contribution in [0.1, 0.15) is 25.5 Å². The third-order valence-electron chi connectivity index (χ3n) is 2.05. The number of anilines is 1. The number of hydrogen-bond acceptors (Lipinski definition) is 4. The summed E-state index contributed by atoms with van der Waals surface area (Å²) in [5.41, 5.74) is 0.411. The summed E-state index contributed by atoms with van der Waals surface area (Å²) in [5.74, 6) is 0.708. The zero-order valence-corrected chi connectivity index (χ0v) is 8.77. The average molecular weight is 205 g/mol. The van der Waals surface area contributed by atoms with E-state index < -0.39 is 0 Å². The molecule has 0 saturated heterocycles. The molecule has 1 aromatic heterocycles. The van der Waals surface area contributed by atoms with Gasteiger partial charge in [0.05, 0.1) is 0 Å². The molecule has 0 radical (unpaired) electrons. The largest absolute Gasteiger partial charge is 0.396 e. The molecule has 1 aromatic rings. The molecule has 0 aliphatic rings. The van der Waals surface area contributed by atoms with Crippen molar-refractivity contribution >= 4 is 5.82 Å². The van der Waals surface area contributed by atoms with Crippen molar-refractivity contribution in [3.63, 3.8) is 0 Å². The Hall–Kier alpha value is -1.60. The Morgan fingerprint density at radius 1 is 1.60 bits per heavy atom. The van der Waals surface area contributed by atoms with Gasteiger partial charge in [0.2, 0.25) is 0 Å². The van der Waals surface area contributed by atoms with Crippen molar-refractivity contribution in [2.45, 2.75) is 25.8 Å². The fourth-order valence-corrected chi connectivity index (χ4v) is 1.30. The minimum Gasteiger partial charge on any atom is -0.396 e. The molecule has 0 bridgehead atoms. The van der Waals surface area contributed by atoms with Gasteiger partial charge in [-0.1, -0.05) is 6.07 Å². The maximum absolute atomic E-state index is 8.68. The maximum atomic E-state index is 8.68. The first-order valence-electron chi connectivity index (χ1n) is 5.01. The molecule has 1 rings (SSSR count). The lowest BCUT2D eigenvalue weighted by atomic mass is 10.2. The number of nitriles is 1. The van der Waals surface area contributed by atoms with E-state index in [2.05, 4.69) is 10.3 Å². The molecule has 1 heterocycles. The van der Waals surface area contributed by atoms with Crippen LogP contribution in [0.15, 0.2) is 18.2 Å². The molecule has 4 nitrogen and oxygen atoms in total. The highest BCUT2D eigenvalue weighted by atomic mass is 16.2. The summed E-state index contributed by atoms with van der Waals surface area (Å²) >= 11 is 0. The van der Waals surface area contributed by atoms with Crippen molar-refractivity contribution in [3.8, 4) is 6.07 Å². The fraction of sp³-hybridized carbons (Fsp3) is 0.455. The van der Waals surface area contributed by atoms with Gasteiger partial charge >= 0.3 is 0 Å². The second-order valence-corrected chi connectivity index (χ2v) is 3.43. The van der Waals surface area contributed by atoms with E-state index in [4.69, 9.17) is 10.4 Å². The first-order chi connectivity index (χ1) is 7.26. The van der Waals surface area contributed by atoms with Crippen molar-refractivity contribution in [1.29, 1.82) is 5.26 Å². The maximum Gasteiger partial charge on any atom is 0.142 e. The smallest absolute Gasteiger partial charge is 0.142 e. The van der Waals surface area contributed by atoms with Crippen molar-refractivity contribution in [2.24, 2.45) is 0 Å². The van der Waals surface area contributed by atoms with E-state index in [9.17, 15) is 0 Å². The van der Waals surface area contributed by atoms with E-state index in [0.717, 1.165) is 12.8 Å². The van der Waals surface area contributed by atoms with E-state index >= 15 is 0 Å². The summed E-state index contributed by atoms with van der Waals surface area (Å²) in [5, 5.41) is 20.5. The number of aliphatic hydroxyl groups is 1. The summed E-state index contributed by atoms with van der Waals surface area (Å²) in [6.07, 6.45) is 1.65. The topological polar surface area (TPSA) is 68.9 Å². The number of nitrogens with zero attached hydrogens (tertiary/aromatic N) is 2. The van der Waals surface area contributed by atoms with Gasteiger partial charge in [0.15, 0.2) is 0 Å². The third-order valence-corrected chi connectivity index (χ3v) is 2.05. The Morgan fingerprint density at radius 3 is 3.07 bits per heavy atom. The van der Waals surface area contributed by atoms with E-state index in [0.29, 0.717) is 11.5 Å². The van der Waals surface area contributed by atoms with Gasteiger partial charge in [0, 0.05) is 12.6 Å². The molecular formula is C11H15N3O. The molecule has 0 aliphatic heterocycles. The Balaban J connectivity index is 2.53. The standard InChI is InChI=1S/C11H15N3O/c1-9(4-3-7-15)13-11-6-2-5-10(8-12)14-11/h2,5-6,9,15H,3-4,7H2,1H3,(H,13,14). The van der Waals surface area contributed by atoms with Crippen LogP contribution in [0, 0.1) is 11.3 Å². The highest BCUT2D eigenvalue weighted by molar-refractivity contribution is 5.38. The summed E-state index contributed by atoms with van der Waals surface area (Å²) in [4.78, 5) is 4.10. The van der Waals surface area contributed by atoms with Crippen LogP contribution in [0.25, 0.3) is 0 Å². The third kappa shape index (κ3) is 3.96. The highest BCUT2D eigenvalue weighted by Crippen LogP contribution is 2.08. The van der Waals surface area contributed by atoms with Gasteiger partial charge in [-0.3, -0.25) is 0 Å². The number of nitrogens with one attached hydrogen (secondary N) is 1. The number of pyridine rings is 1. The zero-order valence-electron chi connectivity index (χ0n) is 8.77. The van der Waals surface area contributed by atoms with Gasteiger partial charge in [-0.15, -0.1) is 0 Å². The second kappa shape index (κ2) is 5.99. The molecule has 1 unspecified atom stereocenters. The molecule has 2 N–H and O–H groups in total. The van der Waals surface area contributed by atoms with Gasteiger partial charge in [-0.05, 0) is 31.9 Å². The lowest BCUT2D eigenvalue weighted by Gasteiger charge is -2.13. The van der Waals surface area contributed by atoms with Gasteiger partial charge < -0.3 is 10.4 Å². The van der Waals surface area contributed by atoms with E-state index in [1.54, 1.807) is 12.1 Å². The minimum absolute atomic E-state index is 0.206. The van der Waals surface area contributed by atoms with Crippen molar-refractivity contribution < 1.29 is 5.11 Å². The molecular weight excluding hydrogens is 190 g/mol. The monoisotopic (exact) mass is 205 g/mol. The van der Waals surface area contributed by atoms with Crippen molar-refractivity contribution in [3.05, 3.63) is 23.9 Å². The van der Waals surface area contributed by atoms with Gasteiger partial charge in [0.25, 0.3) is 0 Å². The fourth-order valence-electron chi connectivity index (χ4n) is 1.30. The first kappa shape index (κ1) is 11.5. The molecule has 0 aliphatic carbocycles. The summed E-state index contributed by atoms with van der Waals surface area (Å²) in [6.45, 7) is 2.23. The van der Waals surface area contributed by atoms with Gasteiger partial charge in [0.1, 0.15) is 17.6 Å². The Bertz CT molecular complexity index is 346. The molecule has 0 amide bonds. The van der Waals surface area contributed by atoms with Crippen LogP contribution in [-0.4, -0.2) is 22.7 Å². The number of rotatable bonds is 5.